The summed E-state index contributed by atoms with van der Waals surface area (Å²) in [6.45, 7) is 0. The minimum absolute atomic E-state index is 0.0365. The van der Waals surface area contributed by atoms with E-state index in [4.69, 9.17) is 9.47 Å². The summed E-state index contributed by atoms with van der Waals surface area (Å²) in [5.41, 5.74) is -0.180. The van der Waals surface area contributed by atoms with Crippen LogP contribution in [0, 0.1) is 0 Å². The fourth-order valence-corrected chi connectivity index (χ4v) is 4.42. The molecule has 10 heteroatoms. The number of rotatable bonds is 6. The first-order valence-corrected chi connectivity index (χ1v) is 11.5. The zero-order chi connectivity index (χ0) is 27.8. The third-order valence-corrected chi connectivity index (χ3v) is 6.29. The molecule has 198 valence electrons. The smallest absolute Gasteiger partial charge is 0.416 e. The molecule has 0 aliphatic carbocycles. The van der Waals surface area contributed by atoms with Gasteiger partial charge < -0.3 is 19.5 Å². The average Bonchev–Trinajstić information content (AvgIpc) is 3.17. The number of carbonyl (C=O) groups excluding carboxylic acids is 2. The lowest BCUT2D eigenvalue weighted by Crippen LogP contribution is -2.29. The number of ether oxygens (including phenoxy) is 2. The predicted molar refractivity (Wildman–Crippen MR) is 137 cm³/mol. The molecule has 0 aromatic heterocycles. The number of amides is 1. The standard InChI is InChI=1S/C28H25F3N2O5/c1-32(2)18-13-11-16(12-14-18)24-23(25(34)22-20(37-3)9-6-10-21(22)38-4)26(35)27(36)33(24)19-8-5-7-17(15-19)28(29,30)31/h5-15,24,34H,1-4H3/b25-23+. The predicted octanol–water partition coefficient (Wildman–Crippen LogP) is 5.41. The fraction of sp³-hybridized carbons (Fsp3) is 0.214. The monoisotopic (exact) mass is 526 g/mol. The molecule has 1 unspecified atom stereocenters. The quantitative estimate of drug-likeness (QED) is 0.263. The Bertz CT molecular complexity index is 1390. The highest BCUT2D eigenvalue weighted by Gasteiger charge is 2.48. The number of anilines is 2. The first kappa shape index (κ1) is 26.6. The number of benzene rings is 3. The van der Waals surface area contributed by atoms with Crippen molar-refractivity contribution in [2.75, 3.05) is 38.1 Å². The SMILES string of the molecule is COc1cccc(OC)c1/C(O)=C1\C(=O)C(=O)N(c2cccc(C(F)(F)F)c2)C1c1ccc(N(C)C)cc1. The maximum Gasteiger partial charge on any atom is 0.416 e. The van der Waals surface area contributed by atoms with Gasteiger partial charge in [-0.1, -0.05) is 24.3 Å². The lowest BCUT2D eigenvalue weighted by molar-refractivity contribution is -0.137. The molecule has 0 radical (unpaired) electrons. The van der Waals surface area contributed by atoms with Gasteiger partial charge in [-0.3, -0.25) is 14.5 Å². The highest BCUT2D eigenvalue weighted by atomic mass is 19.4. The van der Waals surface area contributed by atoms with Crippen molar-refractivity contribution in [2.45, 2.75) is 12.2 Å². The number of hydrogen-bond donors (Lipinski definition) is 1. The van der Waals surface area contributed by atoms with Gasteiger partial charge in [-0.05, 0) is 48.0 Å². The fourth-order valence-electron chi connectivity index (χ4n) is 4.42. The van der Waals surface area contributed by atoms with Crippen molar-refractivity contribution in [3.63, 3.8) is 0 Å². The molecular weight excluding hydrogens is 501 g/mol. The number of hydrogen-bond acceptors (Lipinski definition) is 6. The minimum atomic E-state index is -4.67. The molecule has 4 rings (SSSR count). The Morgan fingerprint density at radius 1 is 0.921 bits per heavy atom. The van der Waals surface area contributed by atoms with Gasteiger partial charge >= 0.3 is 6.18 Å². The average molecular weight is 527 g/mol. The van der Waals surface area contributed by atoms with Crippen LogP contribution in [0.15, 0.2) is 72.3 Å². The van der Waals surface area contributed by atoms with E-state index in [1.54, 1.807) is 42.5 Å². The number of halogens is 3. The van der Waals surface area contributed by atoms with Crippen molar-refractivity contribution in [3.8, 4) is 11.5 Å². The van der Waals surface area contributed by atoms with E-state index in [0.29, 0.717) is 5.56 Å². The van der Waals surface area contributed by atoms with Crippen LogP contribution in [0.4, 0.5) is 24.5 Å². The molecule has 1 N–H and O–H groups in total. The maximum atomic E-state index is 13.5. The summed E-state index contributed by atoms with van der Waals surface area (Å²) in [5.74, 6) is -2.37. The van der Waals surface area contributed by atoms with Crippen LogP contribution in [0.2, 0.25) is 0 Å². The van der Waals surface area contributed by atoms with Crippen LogP contribution in [0.5, 0.6) is 11.5 Å². The van der Waals surface area contributed by atoms with E-state index in [9.17, 15) is 27.9 Å². The summed E-state index contributed by atoms with van der Waals surface area (Å²) in [4.78, 5) is 29.6. The molecule has 0 spiro atoms. The van der Waals surface area contributed by atoms with E-state index >= 15 is 0 Å². The molecule has 0 bridgehead atoms. The molecule has 1 aliphatic rings. The number of alkyl halides is 3. The maximum absolute atomic E-state index is 13.5. The van der Waals surface area contributed by atoms with Crippen LogP contribution >= 0.6 is 0 Å². The van der Waals surface area contributed by atoms with Crippen molar-refractivity contribution >= 4 is 28.8 Å². The van der Waals surface area contributed by atoms with E-state index in [1.807, 2.05) is 19.0 Å². The topological polar surface area (TPSA) is 79.3 Å². The molecule has 0 saturated carbocycles. The molecule has 1 amide bonds. The van der Waals surface area contributed by atoms with E-state index in [1.165, 1.54) is 20.3 Å². The first-order valence-electron chi connectivity index (χ1n) is 11.5. The molecule has 1 atom stereocenters. The molecule has 7 nitrogen and oxygen atoms in total. The molecule has 3 aromatic carbocycles. The van der Waals surface area contributed by atoms with Crippen LogP contribution in [0.3, 0.4) is 0 Å². The highest BCUT2D eigenvalue weighted by Crippen LogP contribution is 2.46. The second kappa shape index (κ2) is 10.1. The zero-order valence-electron chi connectivity index (χ0n) is 21.0. The van der Waals surface area contributed by atoms with Crippen LogP contribution in [0.1, 0.15) is 22.7 Å². The lowest BCUT2D eigenvalue weighted by Gasteiger charge is -2.27. The van der Waals surface area contributed by atoms with Crippen LogP contribution in [-0.4, -0.2) is 45.1 Å². The molecule has 1 aliphatic heterocycles. The number of methoxy groups -OCH3 is 2. The summed E-state index contributed by atoms with van der Waals surface area (Å²) in [5, 5.41) is 11.5. The summed E-state index contributed by atoms with van der Waals surface area (Å²) in [7, 11) is 6.39. The molecule has 1 fully saturated rings. The van der Waals surface area contributed by atoms with Gasteiger partial charge in [-0.2, -0.15) is 13.2 Å². The van der Waals surface area contributed by atoms with Gasteiger partial charge in [-0.25, -0.2) is 0 Å². The van der Waals surface area contributed by atoms with Crippen molar-refractivity contribution in [2.24, 2.45) is 0 Å². The number of nitrogens with zero attached hydrogens (tertiary/aromatic N) is 2. The number of aliphatic hydroxyl groups excluding tert-OH is 1. The van der Waals surface area contributed by atoms with E-state index in [-0.39, 0.29) is 28.3 Å². The van der Waals surface area contributed by atoms with E-state index in [0.717, 1.165) is 28.8 Å². The molecule has 1 saturated heterocycles. The number of aliphatic hydroxyl groups is 1. The van der Waals surface area contributed by atoms with Crippen molar-refractivity contribution in [1.82, 2.24) is 0 Å². The molecule has 38 heavy (non-hydrogen) atoms. The van der Waals surface area contributed by atoms with E-state index < -0.39 is 35.2 Å². The van der Waals surface area contributed by atoms with Gasteiger partial charge in [0.05, 0.1) is 31.4 Å². The zero-order valence-corrected chi connectivity index (χ0v) is 21.0. The number of Topliss-reactive ketones (excluding diaryl/α,β-unsaturated/α-hetero) is 1. The Morgan fingerprint density at radius 3 is 2.03 bits per heavy atom. The van der Waals surface area contributed by atoms with E-state index in [2.05, 4.69) is 0 Å². The van der Waals surface area contributed by atoms with Crippen LogP contribution in [0.25, 0.3) is 5.76 Å². The van der Waals surface area contributed by atoms with Gasteiger partial charge in [-0.15, -0.1) is 0 Å². The van der Waals surface area contributed by atoms with Gasteiger partial charge in [0, 0.05) is 25.5 Å². The second-order valence-electron chi connectivity index (χ2n) is 8.74. The Kier molecular flexibility index (Phi) is 7.08. The number of carbonyl (C=O) groups is 2. The highest BCUT2D eigenvalue weighted by molar-refractivity contribution is 6.51. The third kappa shape index (κ3) is 4.65. The summed E-state index contributed by atoms with van der Waals surface area (Å²) >= 11 is 0. The van der Waals surface area contributed by atoms with Crippen molar-refractivity contribution < 1.29 is 37.3 Å². The van der Waals surface area contributed by atoms with Gasteiger partial charge in [0.2, 0.25) is 0 Å². The lowest BCUT2D eigenvalue weighted by atomic mass is 9.94. The van der Waals surface area contributed by atoms with Gasteiger partial charge in [0.15, 0.2) is 0 Å². The Hall–Kier alpha value is -4.47. The largest absolute Gasteiger partial charge is 0.506 e. The van der Waals surface area contributed by atoms with Crippen LogP contribution < -0.4 is 19.3 Å². The van der Waals surface area contributed by atoms with Crippen LogP contribution in [-0.2, 0) is 15.8 Å². The van der Waals surface area contributed by atoms with Crippen molar-refractivity contribution in [3.05, 3.63) is 89.0 Å². The van der Waals surface area contributed by atoms with Crippen molar-refractivity contribution in [1.29, 1.82) is 0 Å². The third-order valence-electron chi connectivity index (χ3n) is 6.29. The Labute approximate surface area is 217 Å². The number of ketones is 1. The minimum Gasteiger partial charge on any atom is -0.506 e. The molecule has 1 heterocycles. The second-order valence-corrected chi connectivity index (χ2v) is 8.74. The summed E-state index contributed by atoms with van der Waals surface area (Å²) in [6, 6.07) is 14.4. The molecular formula is C28H25F3N2O5. The molecule has 3 aromatic rings. The Balaban J connectivity index is 2.00. The summed E-state index contributed by atoms with van der Waals surface area (Å²) < 4.78 is 51.3. The summed E-state index contributed by atoms with van der Waals surface area (Å²) in [6.07, 6.45) is -4.67. The van der Waals surface area contributed by atoms with Gasteiger partial charge in [0.1, 0.15) is 22.8 Å². The Morgan fingerprint density at radius 2 is 1.50 bits per heavy atom. The van der Waals surface area contributed by atoms with Gasteiger partial charge in [0.25, 0.3) is 11.7 Å². The first-order chi connectivity index (χ1) is 18.0. The normalized spacial score (nSPS) is 17.0.